The SMILES string of the molecule is FC(F)(F)c1cc(CN[C@H]2CCN[C@H]2c2ccccc2)cc(C(F)(F)F)c1. The van der Waals surface area contributed by atoms with Crippen molar-refractivity contribution >= 4 is 0 Å². The lowest BCUT2D eigenvalue weighted by Gasteiger charge is -2.22. The standard InChI is InChI=1S/C19H18F6N2/c20-18(21,22)14-8-12(9-15(10-14)19(23,24)25)11-27-16-6-7-26-17(16)13-4-2-1-3-5-13/h1-5,8-10,16-17,26-27H,6-7,11H2/t16-,17-/m0/s1. The first-order valence-corrected chi connectivity index (χ1v) is 8.44. The van der Waals surface area contributed by atoms with Gasteiger partial charge in [0, 0.05) is 18.6 Å². The average molecular weight is 388 g/mol. The molecule has 2 atom stereocenters. The molecule has 0 spiro atoms. The van der Waals surface area contributed by atoms with E-state index in [1.165, 1.54) is 0 Å². The highest BCUT2D eigenvalue weighted by atomic mass is 19.4. The van der Waals surface area contributed by atoms with Gasteiger partial charge in [0.15, 0.2) is 0 Å². The summed E-state index contributed by atoms with van der Waals surface area (Å²) in [5.74, 6) is 0. The summed E-state index contributed by atoms with van der Waals surface area (Å²) in [6, 6.07) is 11.1. The van der Waals surface area contributed by atoms with E-state index < -0.39 is 23.5 Å². The molecular weight excluding hydrogens is 370 g/mol. The Labute approximate surface area is 152 Å². The first-order chi connectivity index (χ1) is 12.6. The molecule has 1 fully saturated rings. The fourth-order valence-corrected chi connectivity index (χ4v) is 3.30. The van der Waals surface area contributed by atoms with Crippen molar-refractivity contribution in [2.24, 2.45) is 0 Å². The highest BCUT2D eigenvalue weighted by molar-refractivity contribution is 5.34. The summed E-state index contributed by atoms with van der Waals surface area (Å²) in [6.45, 7) is 0.635. The molecule has 0 radical (unpaired) electrons. The molecule has 2 nitrogen and oxygen atoms in total. The lowest BCUT2D eigenvalue weighted by molar-refractivity contribution is -0.143. The molecule has 0 aliphatic carbocycles. The van der Waals surface area contributed by atoms with E-state index in [1.54, 1.807) is 0 Å². The monoisotopic (exact) mass is 388 g/mol. The van der Waals surface area contributed by atoms with Crippen molar-refractivity contribution in [3.05, 3.63) is 70.8 Å². The Morgan fingerprint density at radius 2 is 1.48 bits per heavy atom. The van der Waals surface area contributed by atoms with Gasteiger partial charge in [-0.15, -0.1) is 0 Å². The van der Waals surface area contributed by atoms with Gasteiger partial charge in [0.05, 0.1) is 11.1 Å². The predicted molar refractivity (Wildman–Crippen MR) is 88.9 cm³/mol. The van der Waals surface area contributed by atoms with Gasteiger partial charge < -0.3 is 10.6 Å². The Bertz CT molecular complexity index is 738. The number of hydrogen-bond acceptors (Lipinski definition) is 2. The normalized spacial score (nSPS) is 20.8. The van der Waals surface area contributed by atoms with Crippen LogP contribution in [0.5, 0.6) is 0 Å². The minimum atomic E-state index is -4.84. The zero-order valence-corrected chi connectivity index (χ0v) is 14.2. The summed E-state index contributed by atoms with van der Waals surface area (Å²) in [7, 11) is 0. The average Bonchev–Trinajstić information content (AvgIpc) is 3.07. The molecule has 2 N–H and O–H groups in total. The van der Waals surface area contributed by atoms with Crippen LogP contribution in [0.15, 0.2) is 48.5 Å². The van der Waals surface area contributed by atoms with E-state index >= 15 is 0 Å². The largest absolute Gasteiger partial charge is 0.416 e. The lowest BCUT2D eigenvalue weighted by atomic mass is 10.00. The maximum absolute atomic E-state index is 13.0. The molecule has 8 heteroatoms. The van der Waals surface area contributed by atoms with Crippen molar-refractivity contribution in [3.8, 4) is 0 Å². The molecule has 1 heterocycles. The van der Waals surface area contributed by atoms with Gasteiger partial charge in [-0.3, -0.25) is 0 Å². The van der Waals surface area contributed by atoms with Gasteiger partial charge in [-0.25, -0.2) is 0 Å². The van der Waals surface area contributed by atoms with Crippen LogP contribution in [0.1, 0.15) is 34.7 Å². The molecule has 0 amide bonds. The second kappa shape index (κ2) is 7.52. The van der Waals surface area contributed by atoms with Gasteiger partial charge in [-0.05, 0) is 42.3 Å². The Balaban J connectivity index is 1.79. The van der Waals surface area contributed by atoms with Crippen LogP contribution in [0.3, 0.4) is 0 Å². The van der Waals surface area contributed by atoms with E-state index in [1.807, 2.05) is 30.3 Å². The molecular formula is C19H18F6N2. The number of halogens is 6. The second-order valence-electron chi connectivity index (χ2n) is 6.53. The summed E-state index contributed by atoms with van der Waals surface area (Å²) in [4.78, 5) is 0. The third-order valence-electron chi connectivity index (χ3n) is 4.60. The topological polar surface area (TPSA) is 24.1 Å². The third kappa shape index (κ3) is 4.81. The van der Waals surface area contributed by atoms with Crippen LogP contribution in [0.4, 0.5) is 26.3 Å². The highest BCUT2D eigenvalue weighted by Crippen LogP contribution is 2.36. The number of nitrogens with one attached hydrogen (secondary N) is 2. The van der Waals surface area contributed by atoms with Gasteiger partial charge in [0.2, 0.25) is 0 Å². The number of benzene rings is 2. The van der Waals surface area contributed by atoms with Crippen LogP contribution in [0.2, 0.25) is 0 Å². The number of rotatable bonds is 4. The Morgan fingerprint density at radius 3 is 2.04 bits per heavy atom. The van der Waals surface area contributed by atoms with E-state index in [-0.39, 0.29) is 30.3 Å². The molecule has 146 valence electrons. The fourth-order valence-electron chi connectivity index (χ4n) is 3.30. The number of alkyl halides is 6. The van der Waals surface area contributed by atoms with Gasteiger partial charge in [-0.2, -0.15) is 26.3 Å². The molecule has 1 aliphatic rings. The van der Waals surface area contributed by atoms with Crippen LogP contribution in [-0.2, 0) is 18.9 Å². The van der Waals surface area contributed by atoms with Crippen LogP contribution in [0.25, 0.3) is 0 Å². The summed E-state index contributed by atoms with van der Waals surface area (Å²) >= 11 is 0. The van der Waals surface area contributed by atoms with Crippen molar-refractivity contribution in [3.63, 3.8) is 0 Å². The number of hydrogen-bond donors (Lipinski definition) is 2. The Hall–Kier alpha value is -2.06. The molecule has 0 aromatic heterocycles. The van der Waals surface area contributed by atoms with Crippen LogP contribution < -0.4 is 10.6 Å². The van der Waals surface area contributed by atoms with Crippen LogP contribution in [-0.4, -0.2) is 12.6 Å². The van der Waals surface area contributed by atoms with Gasteiger partial charge >= 0.3 is 12.4 Å². The van der Waals surface area contributed by atoms with Crippen molar-refractivity contribution < 1.29 is 26.3 Å². The van der Waals surface area contributed by atoms with Gasteiger partial charge in [-0.1, -0.05) is 30.3 Å². The van der Waals surface area contributed by atoms with Gasteiger partial charge in [0.25, 0.3) is 0 Å². The summed E-state index contributed by atoms with van der Waals surface area (Å²) in [5.41, 5.74) is -1.61. The quantitative estimate of drug-likeness (QED) is 0.727. The lowest BCUT2D eigenvalue weighted by Crippen LogP contribution is -2.34. The van der Waals surface area contributed by atoms with E-state index in [2.05, 4.69) is 10.6 Å². The van der Waals surface area contributed by atoms with Crippen LogP contribution in [0, 0.1) is 0 Å². The molecule has 0 bridgehead atoms. The van der Waals surface area contributed by atoms with Crippen molar-refractivity contribution in [1.82, 2.24) is 10.6 Å². The van der Waals surface area contributed by atoms with E-state index in [4.69, 9.17) is 0 Å². The minimum Gasteiger partial charge on any atom is -0.309 e. The summed E-state index contributed by atoms with van der Waals surface area (Å²) in [6.07, 6.45) is -8.94. The maximum Gasteiger partial charge on any atom is 0.416 e. The minimum absolute atomic E-state index is 0.0425. The van der Waals surface area contributed by atoms with E-state index in [9.17, 15) is 26.3 Å². The van der Waals surface area contributed by atoms with Gasteiger partial charge in [0.1, 0.15) is 0 Å². The van der Waals surface area contributed by atoms with Crippen molar-refractivity contribution in [1.29, 1.82) is 0 Å². The van der Waals surface area contributed by atoms with E-state index in [0.717, 1.165) is 24.1 Å². The highest BCUT2D eigenvalue weighted by Gasteiger charge is 2.37. The van der Waals surface area contributed by atoms with Crippen molar-refractivity contribution in [2.75, 3.05) is 6.54 Å². The summed E-state index contributed by atoms with van der Waals surface area (Å²) < 4.78 is 77.8. The van der Waals surface area contributed by atoms with Crippen LogP contribution >= 0.6 is 0 Å². The molecule has 0 unspecified atom stereocenters. The summed E-state index contributed by atoms with van der Waals surface area (Å²) in [5, 5.41) is 6.41. The first kappa shape index (κ1) is 19.7. The smallest absolute Gasteiger partial charge is 0.309 e. The molecule has 2 aromatic rings. The Morgan fingerprint density at radius 1 is 0.889 bits per heavy atom. The fraction of sp³-hybridized carbons (Fsp3) is 0.368. The zero-order chi connectivity index (χ0) is 19.7. The van der Waals surface area contributed by atoms with Crippen molar-refractivity contribution in [2.45, 2.75) is 37.4 Å². The molecule has 2 aromatic carbocycles. The predicted octanol–water partition coefficient (Wildman–Crippen LogP) is 4.92. The molecule has 1 aliphatic heterocycles. The molecule has 1 saturated heterocycles. The first-order valence-electron chi connectivity index (χ1n) is 8.44. The zero-order valence-electron chi connectivity index (χ0n) is 14.2. The maximum atomic E-state index is 13.0. The molecule has 0 saturated carbocycles. The molecule has 3 rings (SSSR count). The molecule has 27 heavy (non-hydrogen) atoms. The van der Waals surface area contributed by atoms with E-state index in [0.29, 0.717) is 6.54 Å². The Kier molecular flexibility index (Phi) is 5.48. The third-order valence-corrected chi connectivity index (χ3v) is 4.60. The second-order valence-corrected chi connectivity index (χ2v) is 6.53.